The normalized spacial score (nSPS) is 15.2. The van der Waals surface area contributed by atoms with Crippen LogP contribution in [0.5, 0.6) is 0 Å². The Morgan fingerprint density at radius 1 is 1.27 bits per heavy atom. The minimum atomic E-state index is -4.44. The van der Waals surface area contributed by atoms with Crippen molar-refractivity contribution in [3.63, 3.8) is 0 Å². The number of carbonyl (C=O) groups is 1. The van der Waals surface area contributed by atoms with Crippen LogP contribution in [-0.4, -0.2) is 29.6 Å². The number of carbonyl (C=O) groups excluding carboxylic acids is 1. The molecule has 0 atom stereocenters. The van der Waals surface area contributed by atoms with Crippen molar-refractivity contribution >= 4 is 18.1 Å². The Hall–Kier alpha value is -1.83. The number of amides is 1. The lowest BCUT2D eigenvalue weighted by Crippen LogP contribution is -2.35. The van der Waals surface area contributed by atoms with Crippen LogP contribution in [0.3, 0.4) is 0 Å². The van der Waals surface area contributed by atoms with E-state index in [9.17, 15) is 18.0 Å². The number of alkyl halides is 3. The summed E-state index contributed by atoms with van der Waals surface area (Å²) in [4.78, 5) is 13.3. The van der Waals surface area contributed by atoms with Gasteiger partial charge in [0, 0.05) is 19.5 Å². The second-order valence-electron chi connectivity index (χ2n) is 4.52. The van der Waals surface area contributed by atoms with Gasteiger partial charge in [0.15, 0.2) is 12.0 Å². The second-order valence-corrected chi connectivity index (χ2v) is 5.32. The number of halogens is 3. The van der Waals surface area contributed by atoms with Gasteiger partial charge in [-0.15, -0.1) is 0 Å². The van der Waals surface area contributed by atoms with E-state index >= 15 is 0 Å². The molecule has 1 aliphatic heterocycles. The lowest BCUT2D eigenvalue weighted by molar-refractivity contribution is -0.0386. The van der Waals surface area contributed by atoms with Gasteiger partial charge in [-0.1, -0.05) is 30.3 Å². The van der Waals surface area contributed by atoms with Crippen LogP contribution in [0, 0.1) is 0 Å². The first kappa shape index (κ1) is 16.5. The van der Waals surface area contributed by atoms with Crippen LogP contribution in [-0.2, 0) is 15.5 Å². The van der Waals surface area contributed by atoms with Gasteiger partial charge < -0.3 is 13.8 Å². The predicted molar refractivity (Wildman–Crippen MR) is 75.6 cm³/mol. The molecular formula is C14H14F3NO3S. The fourth-order valence-corrected chi connectivity index (χ4v) is 2.16. The van der Waals surface area contributed by atoms with Crippen LogP contribution < -0.4 is 0 Å². The molecule has 0 N–H and O–H groups in total. The molecule has 1 aliphatic rings. The van der Waals surface area contributed by atoms with Crippen LogP contribution >= 0.6 is 12.0 Å². The maximum atomic E-state index is 12.0. The molecule has 120 valence electrons. The third-order valence-corrected chi connectivity index (χ3v) is 3.36. The summed E-state index contributed by atoms with van der Waals surface area (Å²) in [6.45, 7) is 0.590. The first-order valence-electron chi connectivity index (χ1n) is 6.51. The van der Waals surface area contributed by atoms with Crippen LogP contribution in [0.15, 0.2) is 42.2 Å². The van der Waals surface area contributed by atoms with E-state index in [1.54, 1.807) is 0 Å². The summed E-state index contributed by atoms with van der Waals surface area (Å²) < 4.78 is 45.7. The highest BCUT2D eigenvalue weighted by molar-refractivity contribution is 7.95. The van der Waals surface area contributed by atoms with E-state index in [0.717, 1.165) is 5.56 Å². The molecule has 0 bridgehead atoms. The summed E-state index contributed by atoms with van der Waals surface area (Å²) in [6.07, 6.45) is 1.18. The van der Waals surface area contributed by atoms with Crippen LogP contribution in [0.2, 0.25) is 0 Å². The fourth-order valence-electron chi connectivity index (χ4n) is 1.80. The molecule has 0 aromatic heterocycles. The van der Waals surface area contributed by atoms with Gasteiger partial charge in [-0.3, -0.25) is 0 Å². The monoisotopic (exact) mass is 333 g/mol. The number of ether oxygens (including phenoxy) is 1. The van der Waals surface area contributed by atoms with Crippen molar-refractivity contribution in [3.05, 3.63) is 47.7 Å². The van der Waals surface area contributed by atoms with Gasteiger partial charge in [0.1, 0.15) is 12.4 Å². The first-order chi connectivity index (χ1) is 10.4. The van der Waals surface area contributed by atoms with E-state index in [-0.39, 0.29) is 31.9 Å². The van der Waals surface area contributed by atoms with Crippen LogP contribution in [0.25, 0.3) is 0 Å². The van der Waals surface area contributed by atoms with Gasteiger partial charge in [-0.05, 0) is 11.6 Å². The molecule has 2 rings (SSSR count). The number of nitrogens with zero attached hydrogens (tertiary/aromatic N) is 1. The molecule has 0 saturated carbocycles. The largest absolute Gasteiger partial charge is 0.479 e. The molecule has 1 heterocycles. The van der Waals surface area contributed by atoms with Crippen molar-refractivity contribution in [1.29, 1.82) is 0 Å². The molecule has 0 saturated heterocycles. The average Bonchev–Trinajstić information content (AvgIpc) is 2.51. The molecule has 1 aromatic rings. The average molecular weight is 333 g/mol. The Bertz CT molecular complexity index is 534. The van der Waals surface area contributed by atoms with Gasteiger partial charge in [0.25, 0.3) is 0 Å². The molecule has 22 heavy (non-hydrogen) atoms. The van der Waals surface area contributed by atoms with E-state index in [1.165, 1.54) is 11.0 Å². The Kier molecular flexibility index (Phi) is 5.59. The summed E-state index contributed by atoms with van der Waals surface area (Å²) in [6, 6.07) is 9.22. The Balaban J connectivity index is 1.76. The zero-order valence-corrected chi connectivity index (χ0v) is 12.3. The highest BCUT2D eigenvalue weighted by Gasteiger charge is 2.32. The fraction of sp³-hybridized carbons (Fsp3) is 0.357. The van der Waals surface area contributed by atoms with Crippen molar-refractivity contribution in [2.45, 2.75) is 18.5 Å². The lowest BCUT2D eigenvalue weighted by atomic mass is 10.2. The summed E-state index contributed by atoms with van der Waals surface area (Å²) in [5.74, 6) is 0.217. The SMILES string of the molecule is O=C(OCc1ccccc1)N1CC=C(OSC(F)(F)F)CC1. The highest BCUT2D eigenvalue weighted by atomic mass is 32.2. The standard InChI is InChI=1S/C14H14F3NO3S/c15-14(16,17)22-21-12-6-8-18(9-7-12)13(19)20-10-11-4-2-1-3-5-11/h1-6H,7-10H2. The summed E-state index contributed by atoms with van der Waals surface area (Å²) in [7, 11) is 0. The van der Waals surface area contributed by atoms with E-state index in [1.807, 2.05) is 30.3 Å². The molecule has 0 unspecified atom stereocenters. The van der Waals surface area contributed by atoms with E-state index in [2.05, 4.69) is 4.18 Å². The zero-order chi connectivity index (χ0) is 16.0. The zero-order valence-electron chi connectivity index (χ0n) is 11.5. The maximum absolute atomic E-state index is 12.0. The predicted octanol–water partition coefficient (Wildman–Crippen LogP) is 4.10. The minimum absolute atomic E-state index is 0.160. The van der Waals surface area contributed by atoms with Gasteiger partial charge in [0.2, 0.25) is 0 Å². The molecule has 0 aliphatic carbocycles. The molecule has 1 amide bonds. The summed E-state index contributed by atoms with van der Waals surface area (Å²) in [5.41, 5.74) is -3.57. The van der Waals surface area contributed by atoms with Gasteiger partial charge >= 0.3 is 11.6 Å². The van der Waals surface area contributed by atoms with E-state index < -0.39 is 23.6 Å². The molecule has 0 spiro atoms. The lowest BCUT2D eigenvalue weighted by Gasteiger charge is -2.25. The molecule has 0 radical (unpaired) electrons. The Labute approximate surface area is 130 Å². The highest BCUT2D eigenvalue weighted by Crippen LogP contribution is 2.34. The van der Waals surface area contributed by atoms with Crippen LogP contribution in [0.1, 0.15) is 12.0 Å². The first-order valence-corrected chi connectivity index (χ1v) is 7.25. The molecular weight excluding hydrogens is 319 g/mol. The molecule has 1 aromatic carbocycles. The molecule has 0 fully saturated rings. The van der Waals surface area contributed by atoms with Crippen molar-refractivity contribution in [2.75, 3.05) is 13.1 Å². The molecule has 8 heteroatoms. The third kappa shape index (κ3) is 5.51. The van der Waals surface area contributed by atoms with Crippen molar-refractivity contribution in [3.8, 4) is 0 Å². The topological polar surface area (TPSA) is 38.8 Å². The van der Waals surface area contributed by atoms with E-state index in [0.29, 0.717) is 0 Å². The number of hydrogen-bond acceptors (Lipinski definition) is 4. The van der Waals surface area contributed by atoms with Crippen molar-refractivity contribution < 1.29 is 26.9 Å². The van der Waals surface area contributed by atoms with Crippen molar-refractivity contribution in [2.24, 2.45) is 0 Å². The van der Waals surface area contributed by atoms with Gasteiger partial charge in [-0.25, -0.2) is 4.79 Å². The summed E-state index contributed by atoms with van der Waals surface area (Å²) >= 11 is -0.546. The quantitative estimate of drug-likeness (QED) is 0.778. The van der Waals surface area contributed by atoms with Crippen molar-refractivity contribution in [1.82, 2.24) is 4.90 Å². The number of hydrogen-bond donors (Lipinski definition) is 0. The Morgan fingerprint density at radius 3 is 2.59 bits per heavy atom. The van der Waals surface area contributed by atoms with E-state index in [4.69, 9.17) is 4.74 Å². The molecule has 4 nitrogen and oxygen atoms in total. The second kappa shape index (κ2) is 7.44. The number of benzene rings is 1. The van der Waals surface area contributed by atoms with Gasteiger partial charge in [0.05, 0.1) is 0 Å². The number of rotatable bonds is 4. The smallest absolute Gasteiger partial charge is 0.445 e. The third-order valence-electron chi connectivity index (χ3n) is 2.87. The van der Waals surface area contributed by atoms with Gasteiger partial charge in [-0.2, -0.15) is 13.2 Å². The minimum Gasteiger partial charge on any atom is -0.445 e. The summed E-state index contributed by atoms with van der Waals surface area (Å²) in [5, 5.41) is 0. The van der Waals surface area contributed by atoms with Crippen LogP contribution in [0.4, 0.5) is 18.0 Å². The maximum Gasteiger partial charge on any atom is 0.479 e. The Morgan fingerprint density at radius 2 is 2.00 bits per heavy atom.